The Hall–Kier alpha value is -4.00. The number of aromatic amines is 1. The number of pyridine rings is 2. The van der Waals surface area contributed by atoms with Gasteiger partial charge in [0.15, 0.2) is 0 Å². The molecule has 0 bridgehead atoms. The molecule has 0 aliphatic heterocycles. The van der Waals surface area contributed by atoms with E-state index in [1.165, 1.54) is 17.0 Å². The summed E-state index contributed by atoms with van der Waals surface area (Å²) < 4.78 is 14.0. The molecular formula is C24H21FN4O2. The van der Waals surface area contributed by atoms with Crippen molar-refractivity contribution in [3.05, 3.63) is 106 Å². The highest BCUT2D eigenvalue weighted by Crippen LogP contribution is 2.17. The molecule has 2 heterocycles. The van der Waals surface area contributed by atoms with Crippen LogP contribution in [0.4, 0.5) is 14.9 Å². The lowest BCUT2D eigenvalue weighted by Gasteiger charge is -2.23. The summed E-state index contributed by atoms with van der Waals surface area (Å²) in [4.78, 5) is 34.1. The fourth-order valence-corrected chi connectivity index (χ4v) is 3.36. The largest absolute Gasteiger partial charge is 0.322 e. The smallest absolute Gasteiger partial charge is 0.322 e. The lowest BCUT2D eigenvalue weighted by Crippen LogP contribution is -2.36. The summed E-state index contributed by atoms with van der Waals surface area (Å²) in [7, 11) is 0. The Kier molecular flexibility index (Phi) is 5.75. The van der Waals surface area contributed by atoms with Crippen LogP contribution in [0.5, 0.6) is 0 Å². The van der Waals surface area contributed by atoms with E-state index in [4.69, 9.17) is 0 Å². The number of anilines is 1. The molecule has 31 heavy (non-hydrogen) atoms. The number of urea groups is 1. The van der Waals surface area contributed by atoms with Crippen molar-refractivity contribution in [3.8, 4) is 0 Å². The molecule has 2 aromatic carbocycles. The van der Waals surface area contributed by atoms with Gasteiger partial charge in [0.25, 0.3) is 5.56 Å². The summed E-state index contributed by atoms with van der Waals surface area (Å²) in [6.45, 7) is 2.23. The third-order valence-corrected chi connectivity index (χ3v) is 4.94. The standard InChI is InChI=1S/C24H21FN4O2/c1-16-8-9-21-18(11-16)12-19(23(30)27-21)15-29(14-17-5-4-10-26-13-17)24(31)28-22-7-3-2-6-20(22)25/h2-13H,14-15H2,1H3,(H,27,30)(H,28,31). The zero-order valence-electron chi connectivity index (χ0n) is 16.9. The van der Waals surface area contributed by atoms with Gasteiger partial charge in [-0.15, -0.1) is 0 Å². The van der Waals surface area contributed by atoms with Crippen molar-refractivity contribution >= 4 is 22.6 Å². The van der Waals surface area contributed by atoms with E-state index in [1.807, 2.05) is 31.2 Å². The maximum absolute atomic E-state index is 14.0. The molecule has 0 fully saturated rings. The number of nitrogens with zero attached hydrogens (tertiary/aromatic N) is 2. The molecule has 0 saturated heterocycles. The van der Waals surface area contributed by atoms with Crippen molar-refractivity contribution in [2.75, 3.05) is 5.32 Å². The predicted octanol–water partition coefficient (Wildman–Crippen LogP) is 4.60. The molecule has 0 unspecified atom stereocenters. The summed E-state index contributed by atoms with van der Waals surface area (Å²) in [6, 6.07) is 16.6. The number of fused-ring (bicyclic) bond motifs is 1. The average Bonchev–Trinajstić information content (AvgIpc) is 2.76. The first-order valence-electron chi connectivity index (χ1n) is 9.81. The van der Waals surface area contributed by atoms with Crippen LogP contribution < -0.4 is 10.9 Å². The zero-order chi connectivity index (χ0) is 21.8. The van der Waals surface area contributed by atoms with Gasteiger partial charge in [0, 0.05) is 30.0 Å². The first-order chi connectivity index (χ1) is 15.0. The minimum absolute atomic E-state index is 0.0500. The number of hydrogen-bond donors (Lipinski definition) is 2. The van der Waals surface area contributed by atoms with Crippen LogP contribution in [0, 0.1) is 12.7 Å². The number of aryl methyl sites for hydroxylation is 1. The molecule has 0 spiro atoms. The van der Waals surface area contributed by atoms with Crippen molar-refractivity contribution in [2.24, 2.45) is 0 Å². The lowest BCUT2D eigenvalue weighted by atomic mass is 10.1. The van der Waals surface area contributed by atoms with Gasteiger partial charge in [0.1, 0.15) is 5.82 Å². The summed E-state index contributed by atoms with van der Waals surface area (Å²) in [5, 5.41) is 3.48. The molecule has 2 N–H and O–H groups in total. The fraction of sp³-hybridized carbons (Fsp3) is 0.125. The van der Waals surface area contributed by atoms with Gasteiger partial charge in [-0.3, -0.25) is 9.78 Å². The molecule has 4 rings (SSSR count). The van der Waals surface area contributed by atoms with Crippen LogP contribution >= 0.6 is 0 Å². The first kappa shape index (κ1) is 20.3. The molecular weight excluding hydrogens is 395 g/mol. The third kappa shape index (κ3) is 4.78. The maximum Gasteiger partial charge on any atom is 0.322 e. The van der Waals surface area contributed by atoms with Crippen LogP contribution in [-0.2, 0) is 13.1 Å². The lowest BCUT2D eigenvalue weighted by molar-refractivity contribution is 0.206. The van der Waals surface area contributed by atoms with Crippen LogP contribution in [0.15, 0.2) is 77.9 Å². The molecule has 0 aliphatic rings. The summed E-state index contributed by atoms with van der Waals surface area (Å²) in [5.41, 5.74) is 2.83. The van der Waals surface area contributed by atoms with E-state index in [1.54, 1.807) is 36.7 Å². The normalized spacial score (nSPS) is 10.8. The van der Waals surface area contributed by atoms with Crippen molar-refractivity contribution in [2.45, 2.75) is 20.0 Å². The van der Waals surface area contributed by atoms with Gasteiger partial charge in [0.2, 0.25) is 0 Å². The van der Waals surface area contributed by atoms with E-state index in [2.05, 4.69) is 15.3 Å². The van der Waals surface area contributed by atoms with Crippen molar-refractivity contribution in [1.82, 2.24) is 14.9 Å². The van der Waals surface area contributed by atoms with Gasteiger partial charge in [-0.2, -0.15) is 0 Å². The van der Waals surface area contributed by atoms with E-state index in [-0.39, 0.29) is 24.3 Å². The van der Waals surface area contributed by atoms with Gasteiger partial charge < -0.3 is 15.2 Å². The number of para-hydroxylation sites is 1. The number of aromatic nitrogens is 2. The van der Waals surface area contributed by atoms with E-state index in [0.717, 1.165) is 22.0 Å². The number of hydrogen-bond acceptors (Lipinski definition) is 3. The Morgan fingerprint density at radius 3 is 2.71 bits per heavy atom. The minimum atomic E-state index is -0.531. The number of benzene rings is 2. The summed E-state index contributed by atoms with van der Waals surface area (Å²) in [5.74, 6) is -0.531. The molecule has 156 valence electrons. The highest BCUT2D eigenvalue weighted by atomic mass is 19.1. The van der Waals surface area contributed by atoms with Gasteiger partial charge in [-0.05, 0) is 54.3 Å². The number of H-pyrrole nitrogens is 1. The molecule has 7 heteroatoms. The zero-order valence-corrected chi connectivity index (χ0v) is 16.9. The molecule has 4 aromatic rings. The second-order valence-corrected chi connectivity index (χ2v) is 7.34. The average molecular weight is 416 g/mol. The number of amides is 2. The van der Waals surface area contributed by atoms with E-state index >= 15 is 0 Å². The molecule has 0 radical (unpaired) electrons. The molecule has 0 saturated carbocycles. The van der Waals surface area contributed by atoms with Crippen molar-refractivity contribution in [3.63, 3.8) is 0 Å². The number of carbonyl (C=O) groups excluding carboxylic acids is 1. The predicted molar refractivity (Wildman–Crippen MR) is 118 cm³/mol. The molecule has 0 atom stereocenters. The molecule has 2 amide bonds. The van der Waals surface area contributed by atoms with Gasteiger partial charge in [-0.1, -0.05) is 29.8 Å². The topological polar surface area (TPSA) is 78.1 Å². The van der Waals surface area contributed by atoms with Gasteiger partial charge in [0.05, 0.1) is 12.2 Å². The Morgan fingerprint density at radius 2 is 1.94 bits per heavy atom. The summed E-state index contributed by atoms with van der Waals surface area (Å²) >= 11 is 0. The highest BCUT2D eigenvalue weighted by Gasteiger charge is 2.18. The van der Waals surface area contributed by atoms with Crippen molar-refractivity contribution < 1.29 is 9.18 Å². The van der Waals surface area contributed by atoms with Crippen LogP contribution in [-0.4, -0.2) is 20.9 Å². The Balaban J connectivity index is 1.66. The minimum Gasteiger partial charge on any atom is -0.322 e. The Morgan fingerprint density at radius 1 is 1.10 bits per heavy atom. The van der Waals surface area contributed by atoms with Crippen LogP contribution in [0.25, 0.3) is 10.9 Å². The van der Waals surface area contributed by atoms with Crippen LogP contribution in [0.2, 0.25) is 0 Å². The Bertz CT molecular complexity index is 1290. The molecule has 2 aromatic heterocycles. The van der Waals surface area contributed by atoms with Crippen LogP contribution in [0.3, 0.4) is 0 Å². The Labute approximate surface area is 178 Å². The number of halogens is 1. The number of nitrogens with one attached hydrogen (secondary N) is 2. The van der Waals surface area contributed by atoms with E-state index in [0.29, 0.717) is 5.56 Å². The number of rotatable bonds is 5. The maximum atomic E-state index is 14.0. The quantitative estimate of drug-likeness (QED) is 0.499. The molecule has 6 nitrogen and oxygen atoms in total. The fourth-order valence-electron chi connectivity index (χ4n) is 3.36. The third-order valence-electron chi connectivity index (χ3n) is 4.94. The monoisotopic (exact) mass is 416 g/mol. The van der Waals surface area contributed by atoms with Gasteiger partial charge >= 0.3 is 6.03 Å². The molecule has 0 aliphatic carbocycles. The second kappa shape index (κ2) is 8.79. The van der Waals surface area contributed by atoms with E-state index in [9.17, 15) is 14.0 Å². The van der Waals surface area contributed by atoms with Crippen LogP contribution in [0.1, 0.15) is 16.7 Å². The SMILES string of the molecule is Cc1ccc2[nH]c(=O)c(CN(Cc3cccnc3)C(=O)Nc3ccccc3F)cc2c1. The first-order valence-corrected chi connectivity index (χ1v) is 9.81. The van der Waals surface area contributed by atoms with E-state index < -0.39 is 11.8 Å². The highest BCUT2D eigenvalue weighted by molar-refractivity contribution is 5.89. The van der Waals surface area contributed by atoms with Gasteiger partial charge in [-0.25, -0.2) is 9.18 Å². The number of carbonyl (C=O) groups is 1. The second-order valence-electron chi connectivity index (χ2n) is 7.34. The van der Waals surface area contributed by atoms with Crippen molar-refractivity contribution in [1.29, 1.82) is 0 Å². The summed E-state index contributed by atoms with van der Waals surface area (Å²) in [6.07, 6.45) is 3.29.